The van der Waals surface area contributed by atoms with E-state index in [4.69, 9.17) is 0 Å². The second-order valence-corrected chi connectivity index (χ2v) is 6.06. The zero-order chi connectivity index (χ0) is 20.7. The van der Waals surface area contributed by atoms with Crippen LogP contribution in [0.1, 0.15) is 10.4 Å². The average Bonchev–Trinajstić information content (AvgIpc) is 3.09. The number of rotatable bonds is 3. The molecule has 0 aliphatic heterocycles. The van der Waals surface area contributed by atoms with Crippen LogP contribution in [-0.2, 0) is 0 Å². The third-order valence-electron chi connectivity index (χ3n) is 4.20. The molecule has 0 fully saturated rings. The van der Waals surface area contributed by atoms with Gasteiger partial charge >= 0.3 is 0 Å². The summed E-state index contributed by atoms with van der Waals surface area (Å²) in [6.45, 7) is 0. The molecule has 29 heavy (non-hydrogen) atoms. The highest BCUT2D eigenvalue weighted by Crippen LogP contribution is 2.27. The smallest absolute Gasteiger partial charge is 0.266 e. The van der Waals surface area contributed by atoms with Crippen LogP contribution in [0.5, 0.6) is 5.75 Å². The standard InChI is InChI=1S/C19H11F3N4O3/c20-9-1-4-11(5-2-9)26-17-12(8-23-26)16(27)15(19(29)25-17)18(28)24-10-3-6-13(21)14(22)7-10/h1-8H,(H,24,28)(H2,25,27,29). The van der Waals surface area contributed by atoms with E-state index in [0.29, 0.717) is 5.69 Å². The molecule has 1 amide bonds. The molecule has 0 bridgehead atoms. The van der Waals surface area contributed by atoms with Crippen LogP contribution < -0.4 is 10.9 Å². The zero-order valence-electron chi connectivity index (χ0n) is 14.4. The number of carbonyl (C=O) groups is 1. The van der Waals surface area contributed by atoms with Gasteiger partial charge in [-0.2, -0.15) is 5.10 Å². The second-order valence-electron chi connectivity index (χ2n) is 6.06. The van der Waals surface area contributed by atoms with E-state index in [-0.39, 0.29) is 16.7 Å². The third kappa shape index (κ3) is 3.20. The quantitative estimate of drug-likeness (QED) is 0.492. The highest BCUT2D eigenvalue weighted by atomic mass is 19.2. The molecule has 10 heteroatoms. The lowest BCUT2D eigenvalue weighted by Gasteiger charge is -2.08. The lowest BCUT2D eigenvalue weighted by Crippen LogP contribution is -2.23. The number of amides is 1. The summed E-state index contributed by atoms with van der Waals surface area (Å²) in [4.78, 5) is 27.3. The number of pyridine rings is 1. The summed E-state index contributed by atoms with van der Waals surface area (Å²) in [5, 5.41) is 16.8. The first kappa shape index (κ1) is 18.3. The minimum Gasteiger partial charge on any atom is -0.506 e. The summed E-state index contributed by atoms with van der Waals surface area (Å²) in [6.07, 6.45) is 1.22. The third-order valence-corrected chi connectivity index (χ3v) is 4.20. The van der Waals surface area contributed by atoms with Crippen LogP contribution in [0.2, 0.25) is 0 Å². The van der Waals surface area contributed by atoms with Crippen LogP contribution in [0.25, 0.3) is 16.7 Å². The molecule has 3 N–H and O–H groups in total. The van der Waals surface area contributed by atoms with Crippen molar-refractivity contribution in [1.82, 2.24) is 14.8 Å². The molecule has 0 spiro atoms. The van der Waals surface area contributed by atoms with E-state index < -0.39 is 40.2 Å². The Bertz CT molecular complexity index is 1310. The summed E-state index contributed by atoms with van der Waals surface area (Å²) in [7, 11) is 0. The molecule has 7 nitrogen and oxygen atoms in total. The van der Waals surface area contributed by atoms with Crippen molar-refractivity contribution in [2.75, 3.05) is 5.32 Å². The molecular formula is C19H11F3N4O3. The Morgan fingerprint density at radius 3 is 2.48 bits per heavy atom. The van der Waals surface area contributed by atoms with Gasteiger partial charge in [-0.05, 0) is 36.4 Å². The molecule has 4 rings (SSSR count). The summed E-state index contributed by atoms with van der Waals surface area (Å²) in [5.41, 5.74) is -1.16. The normalized spacial score (nSPS) is 11.0. The van der Waals surface area contributed by atoms with Crippen LogP contribution in [0, 0.1) is 17.5 Å². The summed E-state index contributed by atoms with van der Waals surface area (Å²) >= 11 is 0. The molecule has 4 aromatic rings. The predicted molar refractivity (Wildman–Crippen MR) is 97.6 cm³/mol. The van der Waals surface area contributed by atoms with Crippen LogP contribution in [0.3, 0.4) is 0 Å². The molecule has 0 radical (unpaired) electrons. The maximum atomic E-state index is 13.3. The van der Waals surface area contributed by atoms with Crippen LogP contribution >= 0.6 is 0 Å². The fraction of sp³-hybridized carbons (Fsp3) is 0. The minimum atomic E-state index is -1.18. The number of anilines is 1. The highest BCUT2D eigenvalue weighted by molar-refractivity contribution is 6.08. The van der Waals surface area contributed by atoms with Crippen LogP contribution in [0.4, 0.5) is 18.9 Å². The Morgan fingerprint density at radius 1 is 1.07 bits per heavy atom. The largest absolute Gasteiger partial charge is 0.506 e. The van der Waals surface area contributed by atoms with Gasteiger partial charge in [0.05, 0.1) is 17.3 Å². The van der Waals surface area contributed by atoms with Gasteiger partial charge in [0.15, 0.2) is 11.6 Å². The fourth-order valence-electron chi connectivity index (χ4n) is 2.81. The number of halogens is 3. The van der Waals surface area contributed by atoms with Crippen molar-refractivity contribution in [3.63, 3.8) is 0 Å². The number of aromatic nitrogens is 3. The molecular weight excluding hydrogens is 389 g/mol. The highest BCUT2D eigenvalue weighted by Gasteiger charge is 2.22. The van der Waals surface area contributed by atoms with Crippen molar-refractivity contribution in [3.8, 4) is 11.4 Å². The number of benzene rings is 2. The lowest BCUT2D eigenvalue weighted by atomic mass is 10.2. The Morgan fingerprint density at radius 2 is 1.79 bits per heavy atom. The average molecular weight is 400 g/mol. The van der Waals surface area contributed by atoms with E-state index in [2.05, 4.69) is 15.4 Å². The molecule has 0 unspecified atom stereocenters. The first-order chi connectivity index (χ1) is 13.8. The van der Waals surface area contributed by atoms with E-state index in [1.807, 2.05) is 0 Å². The van der Waals surface area contributed by atoms with Gasteiger partial charge < -0.3 is 15.4 Å². The van der Waals surface area contributed by atoms with Gasteiger partial charge in [-0.25, -0.2) is 17.9 Å². The summed E-state index contributed by atoms with van der Waals surface area (Å²) in [5.74, 6) is -4.41. The maximum absolute atomic E-state index is 13.3. The first-order valence-electron chi connectivity index (χ1n) is 8.20. The Kier molecular flexibility index (Phi) is 4.30. The Hall–Kier alpha value is -4.08. The molecule has 0 aliphatic carbocycles. The summed E-state index contributed by atoms with van der Waals surface area (Å²) < 4.78 is 40.7. The van der Waals surface area contributed by atoms with Gasteiger partial charge in [-0.1, -0.05) is 0 Å². The molecule has 2 aromatic carbocycles. The van der Waals surface area contributed by atoms with E-state index in [9.17, 15) is 27.9 Å². The monoisotopic (exact) mass is 400 g/mol. The van der Waals surface area contributed by atoms with Crippen molar-refractivity contribution in [2.24, 2.45) is 0 Å². The van der Waals surface area contributed by atoms with E-state index >= 15 is 0 Å². The van der Waals surface area contributed by atoms with Gasteiger partial charge in [0, 0.05) is 11.8 Å². The number of carbonyl (C=O) groups excluding carboxylic acids is 1. The van der Waals surface area contributed by atoms with Gasteiger partial charge in [0.25, 0.3) is 11.5 Å². The number of nitrogens with zero attached hydrogens (tertiary/aromatic N) is 2. The number of hydrogen-bond acceptors (Lipinski definition) is 4. The van der Waals surface area contributed by atoms with E-state index in [1.165, 1.54) is 35.1 Å². The minimum absolute atomic E-state index is 0.0596. The predicted octanol–water partition coefficient (Wildman–Crippen LogP) is 3.09. The molecule has 0 aliphatic rings. The number of H-pyrrole nitrogens is 1. The number of fused-ring (bicyclic) bond motifs is 1. The molecule has 0 saturated heterocycles. The fourth-order valence-corrected chi connectivity index (χ4v) is 2.81. The molecule has 2 heterocycles. The van der Waals surface area contributed by atoms with E-state index in [0.717, 1.165) is 18.2 Å². The van der Waals surface area contributed by atoms with Crippen LogP contribution in [-0.4, -0.2) is 25.8 Å². The second kappa shape index (κ2) is 6.82. The van der Waals surface area contributed by atoms with Crippen molar-refractivity contribution in [2.45, 2.75) is 0 Å². The Labute approximate surface area is 160 Å². The molecule has 146 valence electrons. The number of nitrogens with one attached hydrogen (secondary N) is 2. The number of hydrogen-bond donors (Lipinski definition) is 3. The molecule has 0 saturated carbocycles. The van der Waals surface area contributed by atoms with Gasteiger partial charge in [0.2, 0.25) is 0 Å². The van der Waals surface area contributed by atoms with Gasteiger partial charge in [-0.3, -0.25) is 9.59 Å². The topological polar surface area (TPSA) is 100 Å². The first-order valence-corrected chi connectivity index (χ1v) is 8.20. The summed E-state index contributed by atoms with van der Waals surface area (Å²) in [6, 6.07) is 7.89. The van der Waals surface area contributed by atoms with Crippen molar-refractivity contribution in [3.05, 3.63) is 82.0 Å². The SMILES string of the molecule is O=C(Nc1ccc(F)c(F)c1)c1c(O)c2cnn(-c3ccc(F)cc3)c2[nH]c1=O. The van der Waals surface area contributed by atoms with Crippen molar-refractivity contribution < 1.29 is 23.1 Å². The molecule has 0 atom stereocenters. The van der Waals surface area contributed by atoms with Gasteiger partial charge in [0.1, 0.15) is 22.8 Å². The number of aromatic hydroxyl groups is 1. The van der Waals surface area contributed by atoms with E-state index in [1.54, 1.807) is 0 Å². The zero-order valence-corrected chi connectivity index (χ0v) is 14.4. The Balaban J connectivity index is 1.76. The van der Waals surface area contributed by atoms with Crippen molar-refractivity contribution >= 4 is 22.6 Å². The molecule has 2 aromatic heterocycles. The lowest BCUT2D eigenvalue weighted by molar-refractivity contribution is 0.102. The number of aromatic amines is 1. The van der Waals surface area contributed by atoms with Crippen molar-refractivity contribution in [1.29, 1.82) is 0 Å². The maximum Gasteiger partial charge on any atom is 0.266 e. The van der Waals surface area contributed by atoms with Gasteiger partial charge in [-0.15, -0.1) is 0 Å². The van der Waals surface area contributed by atoms with Crippen LogP contribution in [0.15, 0.2) is 53.5 Å².